The Balaban J connectivity index is 1.86. The molecule has 0 aliphatic heterocycles. The van der Waals surface area contributed by atoms with Gasteiger partial charge in [0.25, 0.3) is 0 Å². The third kappa shape index (κ3) is 2.01. The largest absolute Gasteiger partial charge is 0.392 e. The molecule has 1 N–H and O–H groups in total. The molecular formula is C16H22O. The van der Waals surface area contributed by atoms with Crippen molar-refractivity contribution in [2.75, 3.05) is 0 Å². The van der Waals surface area contributed by atoms with E-state index in [1.54, 1.807) is 0 Å². The van der Waals surface area contributed by atoms with E-state index in [1.807, 2.05) is 0 Å². The second kappa shape index (κ2) is 4.45. The van der Waals surface area contributed by atoms with Gasteiger partial charge in [-0.25, -0.2) is 0 Å². The molecule has 1 aromatic rings. The molecule has 0 saturated heterocycles. The molecule has 92 valence electrons. The Kier molecular flexibility index (Phi) is 2.96. The number of aliphatic hydroxyl groups is 1. The van der Waals surface area contributed by atoms with Gasteiger partial charge in [0.2, 0.25) is 0 Å². The van der Waals surface area contributed by atoms with Gasteiger partial charge in [-0.3, -0.25) is 0 Å². The third-order valence-corrected chi connectivity index (χ3v) is 5.19. The van der Waals surface area contributed by atoms with Gasteiger partial charge < -0.3 is 5.11 Å². The second-order valence-corrected chi connectivity index (χ2v) is 6.01. The highest BCUT2D eigenvalue weighted by Crippen LogP contribution is 2.49. The minimum Gasteiger partial charge on any atom is -0.392 e. The minimum absolute atomic E-state index is 0.129. The van der Waals surface area contributed by atoms with Crippen molar-refractivity contribution in [3.63, 3.8) is 0 Å². The van der Waals surface area contributed by atoms with Crippen LogP contribution in [0.15, 0.2) is 30.3 Å². The van der Waals surface area contributed by atoms with Gasteiger partial charge >= 0.3 is 0 Å². The topological polar surface area (TPSA) is 20.2 Å². The van der Waals surface area contributed by atoms with Crippen LogP contribution in [0.25, 0.3) is 0 Å². The molecule has 3 rings (SSSR count). The Labute approximate surface area is 104 Å². The van der Waals surface area contributed by atoms with Crippen LogP contribution in [0.1, 0.15) is 44.1 Å². The summed E-state index contributed by atoms with van der Waals surface area (Å²) in [6.07, 6.45) is 4.78. The minimum atomic E-state index is -0.129. The van der Waals surface area contributed by atoms with Crippen LogP contribution in [-0.2, 0) is 0 Å². The number of benzene rings is 1. The second-order valence-electron chi connectivity index (χ2n) is 6.01. The van der Waals surface area contributed by atoms with Crippen LogP contribution in [0, 0.1) is 17.8 Å². The molecule has 2 bridgehead atoms. The van der Waals surface area contributed by atoms with Crippen molar-refractivity contribution in [1.82, 2.24) is 0 Å². The zero-order valence-corrected chi connectivity index (χ0v) is 10.5. The molecule has 0 spiro atoms. The molecule has 2 saturated carbocycles. The summed E-state index contributed by atoms with van der Waals surface area (Å²) >= 11 is 0. The van der Waals surface area contributed by atoms with E-state index in [-0.39, 0.29) is 6.10 Å². The van der Waals surface area contributed by atoms with Crippen LogP contribution in [0.5, 0.6) is 0 Å². The van der Waals surface area contributed by atoms with Crippen molar-refractivity contribution in [2.24, 2.45) is 17.8 Å². The lowest BCUT2D eigenvalue weighted by Gasteiger charge is -2.25. The maximum absolute atomic E-state index is 10.4. The molecule has 1 aromatic carbocycles. The fraction of sp³-hybridized carbons (Fsp3) is 0.625. The van der Waals surface area contributed by atoms with Crippen molar-refractivity contribution < 1.29 is 5.11 Å². The van der Waals surface area contributed by atoms with Crippen LogP contribution < -0.4 is 0 Å². The summed E-state index contributed by atoms with van der Waals surface area (Å²) in [6, 6.07) is 10.6. The van der Waals surface area contributed by atoms with E-state index in [0.29, 0.717) is 5.92 Å². The fourth-order valence-electron chi connectivity index (χ4n) is 4.02. The van der Waals surface area contributed by atoms with Gasteiger partial charge in [-0.2, -0.15) is 0 Å². The molecule has 0 heterocycles. The Morgan fingerprint density at radius 1 is 1.00 bits per heavy atom. The predicted molar refractivity (Wildman–Crippen MR) is 69.8 cm³/mol. The quantitative estimate of drug-likeness (QED) is 0.781. The van der Waals surface area contributed by atoms with E-state index < -0.39 is 0 Å². The van der Waals surface area contributed by atoms with Crippen LogP contribution >= 0.6 is 0 Å². The normalized spacial score (nSPS) is 41.2. The fourth-order valence-corrected chi connectivity index (χ4v) is 4.02. The molecule has 17 heavy (non-hydrogen) atoms. The summed E-state index contributed by atoms with van der Waals surface area (Å²) < 4.78 is 0. The summed E-state index contributed by atoms with van der Waals surface area (Å²) in [7, 11) is 0. The van der Waals surface area contributed by atoms with Gasteiger partial charge in [0.1, 0.15) is 0 Å². The maximum Gasteiger partial charge on any atom is 0.0611 e. The number of hydrogen-bond donors (Lipinski definition) is 1. The maximum atomic E-state index is 10.4. The summed E-state index contributed by atoms with van der Waals surface area (Å²) in [6.45, 7) is 2.39. The van der Waals surface area contributed by atoms with Gasteiger partial charge in [0.05, 0.1) is 6.10 Å². The first-order valence-corrected chi connectivity index (χ1v) is 6.98. The van der Waals surface area contributed by atoms with E-state index in [0.717, 1.165) is 24.2 Å². The molecule has 0 radical (unpaired) electrons. The first-order valence-electron chi connectivity index (χ1n) is 6.98. The van der Waals surface area contributed by atoms with Crippen LogP contribution in [0.4, 0.5) is 0 Å². The highest BCUT2D eigenvalue weighted by molar-refractivity contribution is 5.21. The molecule has 1 nitrogen and oxygen atoms in total. The number of aliphatic hydroxyl groups excluding tert-OH is 1. The van der Waals surface area contributed by atoms with Gasteiger partial charge in [-0.05, 0) is 49.0 Å². The zero-order chi connectivity index (χ0) is 11.8. The molecule has 2 aliphatic rings. The summed E-state index contributed by atoms with van der Waals surface area (Å²) in [5, 5.41) is 10.4. The zero-order valence-electron chi connectivity index (χ0n) is 10.5. The third-order valence-electron chi connectivity index (χ3n) is 5.19. The molecule has 5 unspecified atom stereocenters. The van der Waals surface area contributed by atoms with Crippen molar-refractivity contribution in [3.05, 3.63) is 35.9 Å². The van der Waals surface area contributed by atoms with Gasteiger partial charge in [0, 0.05) is 5.92 Å². The molecular weight excluding hydrogens is 208 g/mol. The Morgan fingerprint density at radius 3 is 2.35 bits per heavy atom. The van der Waals surface area contributed by atoms with E-state index in [1.165, 1.54) is 24.8 Å². The number of hydrogen-bond acceptors (Lipinski definition) is 1. The van der Waals surface area contributed by atoms with E-state index in [4.69, 9.17) is 0 Å². The van der Waals surface area contributed by atoms with E-state index in [2.05, 4.69) is 37.3 Å². The first kappa shape index (κ1) is 11.3. The van der Waals surface area contributed by atoms with Crippen molar-refractivity contribution in [3.8, 4) is 0 Å². The van der Waals surface area contributed by atoms with Gasteiger partial charge in [0.15, 0.2) is 0 Å². The van der Waals surface area contributed by atoms with Crippen LogP contribution in [0.3, 0.4) is 0 Å². The first-order chi connectivity index (χ1) is 8.25. The lowest BCUT2D eigenvalue weighted by atomic mass is 9.83. The van der Waals surface area contributed by atoms with Gasteiger partial charge in [-0.15, -0.1) is 0 Å². The highest BCUT2D eigenvalue weighted by atomic mass is 16.3. The standard InChI is InChI=1S/C16H22O/c1-11-13-7-8-14(11)10-16(17)15(9-13)12-5-3-2-4-6-12/h2-6,11,13-17H,7-10H2,1H3. The molecule has 0 amide bonds. The highest BCUT2D eigenvalue weighted by Gasteiger charge is 2.41. The molecule has 2 fully saturated rings. The number of fused-ring (bicyclic) bond motifs is 2. The molecule has 2 aliphatic carbocycles. The summed E-state index contributed by atoms with van der Waals surface area (Å²) in [4.78, 5) is 0. The van der Waals surface area contributed by atoms with Crippen molar-refractivity contribution >= 4 is 0 Å². The molecule has 1 heteroatoms. The monoisotopic (exact) mass is 230 g/mol. The van der Waals surface area contributed by atoms with Crippen LogP contribution in [0.2, 0.25) is 0 Å². The predicted octanol–water partition coefficient (Wildman–Crippen LogP) is 3.59. The van der Waals surface area contributed by atoms with Crippen molar-refractivity contribution in [2.45, 2.75) is 44.6 Å². The summed E-state index contributed by atoms with van der Waals surface area (Å²) in [5.74, 6) is 2.79. The molecule has 5 atom stereocenters. The van der Waals surface area contributed by atoms with Gasteiger partial charge in [-0.1, -0.05) is 37.3 Å². The van der Waals surface area contributed by atoms with E-state index >= 15 is 0 Å². The lowest BCUT2D eigenvalue weighted by molar-refractivity contribution is 0.112. The Bertz CT molecular complexity index is 372. The Hall–Kier alpha value is -0.820. The average molecular weight is 230 g/mol. The van der Waals surface area contributed by atoms with Crippen LogP contribution in [-0.4, -0.2) is 11.2 Å². The SMILES string of the molecule is CC1C2CCC1CC(c1ccccc1)C(O)C2. The lowest BCUT2D eigenvalue weighted by Crippen LogP contribution is -2.21. The Morgan fingerprint density at radius 2 is 1.65 bits per heavy atom. The smallest absolute Gasteiger partial charge is 0.0611 e. The molecule has 0 aromatic heterocycles. The number of rotatable bonds is 1. The van der Waals surface area contributed by atoms with Crippen molar-refractivity contribution in [1.29, 1.82) is 0 Å². The van der Waals surface area contributed by atoms with E-state index in [9.17, 15) is 5.11 Å². The average Bonchev–Trinajstić information content (AvgIpc) is 2.61. The summed E-state index contributed by atoms with van der Waals surface area (Å²) in [5.41, 5.74) is 1.33.